The number of nitrogens with one attached hydrogen (secondary N) is 1. The molecule has 196 valence electrons. The lowest BCUT2D eigenvalue weighted by molar-refractivity contribution is 0.141. The molecule has 37 heavy (non-hydrogen) atoms. The molecule has 0 saturated carbocycles. The Hall–Kier alpha value is -3.69. The number of hydrogen-bond donors (Lipinski definition) is 2. The van der Waals surface area contributed by atoms with Crippen LogP contribution in [0.3, 0.4) is 0 Å². The van der Waals surface area contributed by atoms with Crippen molar-refractivity contribution in [1.29, 1.82) is 0 Å². The Morgan fingerprint density at radius 3 is 2.65 bits per heavy atom. The number of H-pyrrole nitrogens is 1. The molecule has 3 N–H and O–H groups in total. The second-order valence-corrected chi connectivity index (χ2v) is 9.35. The molecule has 1 fully saturated rings. The first-order valence-electron chi connectivity index (χ1n) is 12.7. The van der Waals surface area contributed by atoms with Gasteiger partial charge in [0, 0.05) is 13.7 Å². The van der Waals surface area contributed by atoms with Gasteiger partial charge in [-0.1, -0.05) is 55.5 Å². The highest BCUT2D eigenvalue weighted by Crippen LogP contribution is 2.20. The highest BCUT2D eigenvalue weighted by Gasteiger charge is 2.15. The zero-order valence-electron chi connectivity index (χ0n) is 21.7. The second-order valence-electron chi connectivity index (χ2n) is 9.35. The highest BCUT2D eigenvalue weighted by molar-refractivity contribution is 5.82. The monoisotopic (exact) mass is 504 g/mol. The van der Waals surface area contributed by atoms with Gasteiger partial charge in [-0.25, -0.2) is 4.79 Å². The van der Waals surface area contributed by atoms with Crippen molar-refractivity contribution in [2.45, 2.75) is 32.7 Å². The third-order valence-corrected chi connectivity index (χ3v) is 6.45. The Balaban J connectivity index is 1.42. The number of rotatable bonds is 11. The summed E-state index contributed by atoms with van der Waals surface area (Å²) in [6.07, 6.45) is 10.2. The van der Waals surface area contributed by atoms with Gasteiger partial charge in [-0.2, -0.15) is 9.97 Å². The number of ether oxygens (including phenoxy) is 2. The molecular weight excluding hydrogens is 468 g/mol. The molecule has 0 unspecified atom stereocenters. The van der Waals surface area contributed by atoms with Crippen molar-refractivity contribution >= 4 is 22.6 Å². The lowest BCUT2D eigenvalue weighted by Gasteiger charge is -2.26. The molecule has 0 radical (unpaired) electrons. The standard InChI is InChI=1S/C28H36N6O3/c1-20(18-33-14-5-4-6-15-33)8-7-9-21(2)23-12-10-22(11-13-23)19-34-26-24(30-28(34)35)25(29)31-27(32-26)37-17-16-36-3/h7-13H,1,4-6,14-19H2,2-3H3,(H,30,35)(H2,29,31,32)/b8-7-,21-9+. The van der Waals surface area contributed by atoms with Gasteiger partial charge in [-0.3, -0.25) is 9.47 Å². The quantitative estimate of drug-likeness (QED) is 0.302. The number of nitrogens with zero attached hydrogens (tertiary/aromatic N) is 4. The Morgan fingerprint density at radius 2 is 1.92 bits per heavy atom. The van der Waals surface area contributed by atoms with Gasteiger partial charge in [0.25, 0.3) is 0 Å². The summed E-state index contributed by atoms with van der Waals surface area (Å²) < 4.78 is 12.0. The minimum atomic E-state index is -0.305. The van der Waals surface area contributed by atoms with Crippen molar-refractivity contribution in [2.24, 2.45) is 0 Å². The molecule has 1 saturated heterocycles. The zero-order chi connectivity index (χ0) is 26.2. The highest BCUT2D eigenvalue weighted by atomic mass is 16.5. The van der Waals surface area contributed by atoms with Gasteiger partial charge in [-0.15, -0.1) is 0 Å². The van der Waals surface area contributed by atoms with Gasteiger partial charge in [0.05, 0.1) is 13.2 Å². The largest absolute Gasteiger partial charge is 0.461 e. The van der Waals surface area contributed by atoms with Crippen LogP contribution in [0.1, 0.15) is 37.3 Å². The van der Waals surface area contributed by atoms with Gasteiger partial charge in [0.2, 0.25) is 0 Å². The number of hydrogen-bond acceptors (Lipinski definition) is 7. The van der Waals surface area contributed by atoms with E-state index in [9.17, 15) is 4.79 Å². The molecule has 9 heteroatoms. The predicted octanol–water partition coefficient (Wildman–Crippen LogP) is 3.78. The van der Waals surface area contributed by atoms with Crippen LogP contribution in [0.2, 0.25) is 0 Å². The van der Waals surface area contributed by atoms with Crippen molar-refractivity contribution in [3.63, 3.8) is 0 Å². The number of nitrogens with two attached hydrogens (primary N) is 1. The number of aromatic amines is 1. The lowest BCUT2D eigenvalue weighted by atomic mass is 10.0. The molecule has 0 spiro atoms. The van der Waals surface area contributed by atoms with Gasteiger partial charge in [0.15, 0.2) is 11.5 Å². The van der Waals surface area contributed by atoms with E-state index in [0.717, 1.165) is 28.8 Å². The zero-order valence-corrected chi connectivity index (χ0v) is 21.7. The number of likely N-dealkylation sites (tertiary alicyclic amines) is 1. The van der Waals surface area contributed by atoms with Crippen LogP contribution in [-0.4, -0.2) is 64.4 Å². The van der Waals surface area contributed by atoms with Crippen LogP contribution in [-0.2, 0) is 11.3 Å². The number of methoxy groups -OCH3 is 1. The molecule has 1 aromatic carbocycles. The van der Waals surface area contributed by atoms with E-state index in [4.69, 9.17) is 15.2 Å². The first-order valence-corrected chi connectivity index (χ1v) is 12.7. The summed E-state index contributed by atoms with van der Waals surface area (Å²) in [6.45, 7) is 10.6. The predicted molar refractivity (Wildman–Crippen MR) is 148 cm³/mol. The minimum Gasteiger partial charge on any atom is -0.461 e. The van der Waals surface area contributed by atoms with Crippen LogP contribution in [0, 0.1) is 0 Å². The maximum atomic E-state index is 12.6. The fourth-order valence-corrected chi connectivity index (χ4v) is 4.40. The van der Waals surface area contributed by atoms with Gasteiger partial charge in [0.1, 0.15) is 12.1 Å². The van der Waals surface area contributed by atoms with E-state index < -0.39 is 0 Å². The van der Waals surface area contributed by atoms with Crippen molar-refractivity contribution < 1.29 is 9.47 Å². The number of aromatic nitrogens is 4. The summed E-state index contributed by atoms with van der Waals surface area (Å²) in [5.74, 6) is 0.163. The number of fused-ring (bicyclic) bond motifs is 1. The number of imidazole rings is 1. The van der Waals surface area contributed by atoms with E-state index >= 15 is 0 Å². The van der Waals surface area contributed by atoms with E-state index in [-0.39, 0.29) is 24.1 Å². The summed E-state index contributed by atoms with van der Waals surface area (Å²) in [5, 5.41) is 0. The van der Waals surface area contributed by atoms with Crippen LogP contribution in [0.25, 0.3) is 16.7 Å². The molecule has 9 nitrogen and oxygen atoms in total. The molecule has 2 aromatic heterocycles. The van der Waals surface area contributed by atoms with Gasteiger partial charge >= 0.3 is 11.7 Å². The maximum absolute atomic E-state index is 12.6. The van der Waals surface area contributed by atoms with Gasteiger partial charge < -0.3 is 20.2 Å². The number of allylic oxidation sites excluding steroid dienone is 3. The van der Waals surface area contributed by atoms with Gasteiger partial charge in [-0.05, 0) is 55.1 Å². The number of piperidine rings is 1. The van der Waals surface area contributed by atoms with E-state index in [1.807, 2.05) is 12.1 Å². The van der Waals surface area contributed by atoms with Crippen LogP contribution in [0.15, 0.2) is 59.4 Å². The topological polar surface area (TPSA) is 111 Å². The van der Waals surface area contributed by atoms with Crippen molar-refractivity contribution in [1.82, 2.24) is 24.4 Å². The van der Waals surface area contributed by atoms with E-state index in [2.05, 4.69) is 63.7 Å². The number of benzene rings is 1. The Labute approximate surface area is 217 Å². The fraction of sp³-hybridized carbons (Fsp3) is 0.393. The molecule has 1 aliphatic heterocycles. The van der Waals surface area contributed by atoms with Crippen LogP contribution >= 0.6 is 0 Å². The molecule has 0 aliphatic carbocycles. The van der Waals surface area contributed by atoms with Crippen LogP contribution < -0.4 is 16.2 Å². The third kappa shape index (κ3) is 6.96. The summed E-state index contributed by atoms with van der Waals surface area (Å²) in [5.41, 5.74) is 10.9. The molecule has 0 bridgehead atoms. The molecular formula is C28H36N6O3. The van der Waals surface area contributed by atoms with Crippen LogP contribution in [0.4, 0.5) is 5.82 Å². The van der Waals surface area contributed by atoms with E-state index in [1.54, 1.807) is 7.11 Å². The van der Waals surface area contributed by atoms with E-state index in [1.165, 1.54) is 36.9 Å². The fourth-order valence-electron chi connectivity index (χ4n) is 4.40. The van der Waals surface area contributed by atoms with Crippen molar-refractivity contribution in [2.75, 3.05) is 45.7 Å². The minimum absolute atomic E-state index is 0.109. The maximum Gasteiger partial charge on any atom is 0.328 e. The van der Waals surface area contributed by atoms with Crippen molar-refractivity contribution in [3.05, 3.63) is 76.3 Å². The smallest absolute Gasteiger partial charge is 0.328 e. The molecule has 1 aliphatic rings. The molecule has 0 atom stereocenters. The average Bonchev–Trinajstić information content (AvgIpc) is 3.20. The van der Waals surface area contributed by atoms with Crippen LogP contribution in [0.5, 0.6) is 6.01 Å². The third-order valence-electron chi connectivity index (χ3n) is 6.45. The summed E-state index contributed by atoms with van der Waals surface area (Å²) in [7, 11) is 1.58. The summed E-state index contributed by atoms with van der Waals surface area (Å²) in [6, 6.07) is 8.24. The average molecular weight is 505 g/mol. The van der Waals surface area contributed by atoms with E-state index in [0.29, 0.717) is 24.3 Å². The lowest BCUT2D eigenvalue weighted by Crippen LogP contribution is -2.30. The summed E-state index contributed by atoms with van der Waals surface area (Å²) in [4.78, 5) is 26.4. The first-order chi connectivity index (χ1) is 17.9. The molecule has 0 amide bonds. The normalized spacial score (nSPS) is 15.0. The Kier molecular flexibility index (Phi) is 8.92. The number of anilines is 1. The SMILES string of the molecule is C=C(/C=C\C=C(/C)c1ccc(Cn2c(=O)[nH]c3c(N)nc(OCCOC)nc32)cc1)CN1CCCCC1. The second kappa shape index (κ2) is 12.5. The molecule has 3 heterocycles. The molecule has 4 rings (SSSR count). The van der Waals surface area contributed by atoms with Crippen molar-refractivity contribution in [3.8, 4) is 6.01 Å². The Morgan fingerprint density at radius 1 is 1.16 bits per heavy atom. The first kappa shape index (κ1) is 26.4. The molecule has 3 aromatic rings. The Bertz CT molecular complexity index is 1330. The number of nitrogen functional groups attached to an aromatic ring is 1. The summed E-state index contributed by atoms with van der Waals surface area (Å²) >= 11 is 0.